The molecule has 1 heterocycles. The highest BCUT2D eigenvalue weighted by atomic mass is 16.6. The maximum atomic E-state index is 12.2. The van der Waals surface area contributed by atoms with Crippen LogP contribution in [0.25, 0.3) is 0 Å². The van der Waals surface area contributed by atoms with Crippen LogP contribution in [0.15, 0.2) is 11.6 Å². The molecule has 1 spiro atoms. The number of ether oxygens (including phenoxy) is 1. The SMILES string of the molecule is C[C@H]1C[C@@]2(CC[C@H]3[C@@H]4CC=C5CC(=O)CC[C@]5(C)[C@H]4CC[C@@]32C)OC1=O. The van der Waals surface area contributed by atoms with E-state index >= 15 is 0 Å². The van der Waals surface area contributed by atoms with Crippen LogP contribution in [0.1, 0.15) is 78.6 Å². The third-order valence-electron chi connectivity index (χ3n) is 9.56. The minimum Gasteiger partial charge on any atom is -0.458 e. The summed E-state index contributed by atoms with van der Waals surface area (Å²) in [6.45, 7) is 6.90. The second-order valence-electron chi connectivity index (χ2n) is 10.5. The summed E-state index contributed by atoms with van der Waals surface area (Å²) in [4.78, 5) is 24.2. The maximum Gasteiger partial charge on any atom is 0.309 e. The van der Waals surface area contributed by atoms with Crippen LogP contribution in [0.4, 0.5) is 0 Å². The molecule has 0 amide bonds. The van der Waals surface area contributed by atoms with Crippen molar-refractivity contribution in [3.05, 3.63) is 11.6 Å². The number of hydrogen-bond donors (Lipinski definition) is 0. The predicted octanol–water partition coefficient (Wildman–Crippen LogP) is 4.84. The van der Waals surface area contributed by atoms with Crippen LogP contribution in [-0.2, 0) is 14.3 Å². The van der Waals surface area contributed by atoms with Crippen molar-refractivity contribution in [3.8, 4) is 0 Å². The molecule has 1 aliphatic heterocycles. The lowest BCUT2D eigenvalue weighted by molar-refractivity contribution is -0.167. The van der Waals surface area contributed by atoms with Gasteiger partial charge in [-0.3, -0.25) is 9.59 Å². The Balaban J connectivity index is 1.49. The lowest BCUT2D eigenvalue weighted by Crippen LogP contribution is -2.54. The van der Waals surface area contributed by atoms with Crippen molar-refractivity contribution < 1.29 is 14.3 Å². The molecule has 0 N–H and O–H groups in total. The van der Waals surface area contributed by atoms with Gasteiger partial charge in [0.15, 0.2) is 0 Å². The minimum atomic E-state index is -0.202. The number of allylic oxidation sites excluding steroid dienone is 2. The molecule has 5 aliphatic rings. The van der Waals surface area contributed by atoms with E-state index in [1.54, 1.807) is 0 Å². The van der Waals surface area contributed by atoms with Gasteiger partial charge in [-0.15, -0.1) is 0 Å². The van der Waals surface area contributed by atoms with E-state index in [1.165, 1.54) is 24.8 Å². The number of carbonyl (C=O) groups is 2. The third-order valence-corrected chi connectivity index (χ3v) is 9.56. The number of esters is 1. The average Bonchev–Trinajstić information content (AvgIpc) is 3.05. The molecule has 0 aromatic rings. The molecule has 4 aliphatic carbocycles. The lowest BCUT2D eigenvalue weighted by Gasteiger charge is -2.58. The van der Waals surface area contributed by atoms with Crippen molar-refractivity contribution in [2.24, 2.45) is 34.5 Å². The Bertz CT molecular complexity index is 708. The third kappa shape index (κ3) is 1.95. The summed E-state index contributed by atoms with van der Waals surface area (Å²) in [5, 5.41) is 0. The Kier molecular flexibility index (Phi) is 3.42. The van der Waals surface area contributed by atoms with Crippen LogP contribution < -0.4 is 0 Å². The standard InChI is InChI=1S/C23H32O3/c1-14-13-23(26-20(14)25)11-8-19-17-5-4-15-12-16(24)6-9-21(15,2)18(17)7-10-22(19,23)3/h4,14,17-19H,5-13H2,1-3H3/t14-,17+,18-,19-,21-,22-,23+/m0/s1. The summed E-state index contributed by atoms with van der Waals surface area (Å²) in [7, 11) is 0. The first-order chi connectivity index (χ1) is 12.3. The Morgan fingerprint density at radius 2 is 1.85 bits per heavy atom. The van der Waals surface area contributed by atoms with Crippen molar-refractivity contribution in [2.45, 2.75) is 84.2 Å². The zero-order chi connectivity index (χ0) is 18.3. The van der Waals surface area contributed by atoms with Crippen LogP contribution >= 0.6 is 0 Å². The van der Waals surface area contributed by atoms with Gasteiger partial charge in [0.25, 0.3) is 0 Å². The highest BCUT2D eigenvalue weighted by Gasteiger charge is 2.67. The van der Waals surface area contributed by atoms with Crippen LogP contribution in [0, 0.1) is 34.5 Å². The maximum absolute atomic E-state index is 12.2. The van der Waals surface area contributed by atoms with E-state index in [9.17, 15) is 9.59 Å². The van der Waals surface area contributed by atoms with Gasteiger partial charge in [0.2, 0.25) is 0 Å². The molecule has 1 saturated heterocycles. The van der Waals surface area contributed by atoms with Crippen molar-refractivity contribution >= 4 is 11.8 Å². The molecule has 0 radical (unpaired) electrons. The minimum absolute atomic E-state index is 0.0255. The second kappa shape index (κ2) is 5.23. The second-order valence-corrected chi connectivity index (χ2v) is 10.5. The van der Waals surface area contributed by atoms with E-state index in [0.29, 0.717) is 30.0 Å². The number of hydrogen-bond acceptors (Lipinski definition) is 3. The fourth-order valence-corrected chi connectivity index (χ4v) is 7.98. The van der Waals surface area contributed by atoms with E-state index in [-0.39, 0.29) is 28.3 Å². The molecule has 0 aromatic carbocycles. The molecule has 4 fully saturated rings. The molecule has 3 saturated carbocycles. The van der Waals surface area contributed by atoms with Gasteiger partial charge >= 0.3 is 5.97 Å². The lowest BCUT2D eigenvalue weighted by atomic mass is 9.47. The van der Waals surface area contributed by atoms with Gasteiger partial charge in [0.1, 0.15) is 11.4 Å². The summed E-state index contributed by atoms with van der Waals surface area (Å²) in [6.07, 6.45) is 11.6. The molecule has 3 heteroatoms. The van der Waals surface area contributed by atoms with Gasteiger partial charge in [0, 0.05) is 24.7 Å². The molecule has 7 atom stereocenters. The number of ketones is 1. The highest BCUT2D eigenvalue weighted by Crippen LogP contribution is 2.69. The summed E-state index contributed by atoms with van der Waals surface area (Å²) in [6, 6.07) is 0. The van der Waals surface area contributed by atoms with Crippen LogP contribution in [0.3, 0.4) is 0 Å². The number of fused-ring (bicyclic) bond motifs is 6. The monoisotopic (exact) mass is 356 g/mol. The number of carbonyl (C=O) groups excluding carboxylic acids is 2. The number of Topliss-reactive ketones (excluding diaryl/α,β-unsaturated/α-hetero) is 1. The summed E-state index contributed by atoms with van der Waals surface area (Å²) < 4.78 is 6.12. The molecule has 0 unspecified atom stereocenters. The molecule has 26 heavy (non-hydrogen) atoms. The van der Waals surface area contributed by atoms with Crippen molar-refractivity contribution in [1.82, 2.24) is 0 Å². The van der Waals surface area contributed by atoms with Crippen LogP contribution in [0.5, 0.6) is 0 Å². The highest BCUT2D eigenvalue weighted by molar-refractivity contribution is 5.82. The molecule has 0 bridgehead atoms. The average molecular weight is 357 g/mol. The molecular weight excluding hydrogens is 324 g/mol. The van der Waals surface area contributed by atoms with E-state index in [4.69, 9.17) is 4.74 Å². The fourth-order valence-electron chi connectivity index (χ4n) is 7.98. The Morgan fingerprint density at radius 1 is 1.08 bits per heavy atom. The zero-order valence-electron chi connectivity index (χ0n) is 16.5. The van der Waals surface area contributed by atoms with Crippen molar-refractivity contribution in [3.63, 3.8) is 0 Å². The van der Waals surface area contributed by atoms with Crippen LogP contribution in [-0.4, -0.2) is 17.4 Å². The summed E-state index contributed by atoms with van der Waals surface area (Å²) in [5.74, 6) is 2.58. The smallest absolute Gasteiger partial charge is 0.309 e. The Labute approximate surface area is 156 Å². The first-order valence-corrected chi connectivity index (χ1v) is 10.7. The van der Waals surface area contributed by atoms with E-state index in [2.05, 4.69) is 19.9 Å². The van der Waals surface area contributed by atoms with Gasteiger partial charge in [-0.1, -0.05) is 32.4 Å². The van der Waals surface area contributed by atoms with Gasteiger partial charge in [-0.25, -0.2) is 0 Å². The molecule has 5 rings (SSSR count). The Hall–Kier alpha value is -1.12. The van der Waals surface area contributed by atoms with E-state index < -0.39 is 0 Å². The van der Waals surface area contributed by atoms with Crippen LogP contribution in [0.2, 0.25) is 0 Å². The molecule has 0 aromatic heterocycles. The summed E-state index contributed by atoms with van der Waals surface area (Å²) in [5.41, 5.74) is 1.60. The number of rotatable bonds is 0. The first-order valence-electron chi connectivity index (χ1n) is 10.7. The normalized spacial score (nSPS) is 53.0. The molecular formula is C23H32O3. The van der Waals surface area contributed by atoms with E-state index in [1.807, 2.05) is 6.92 Å². The topological polar surface area (TPSA) is 43.4 Å². The van der Waals surface area contributed by atoms with Gasteiger partial charge in [-0.05, 0) is 61.7 Å². The van der Waals surface area contributed by atoms with Gasteiger partial charge < -0.3 is 4.74 Å². The molecule has 3 nitrogen and oxygen atoms in total. The fraction of sp³-hybridized carbons (Fsp3) is 0.826. The largest absolute Gasteiger partial charge is 0.458 e. The Morgan fingerprint density at radius 3 is 2.58 bits per heavy atom. The summed E-state index contributed by atoms with van der Waals surface area (Å²) >= 11 is 0. The van der Waals surface area contributed by atoms with Gasteiger partial charge in [0.05, 0.1) is 5.92 Å². The predicted molar refractivity (Wildman–Crippen MR) is 99.3 cm³/mol. The van der Waals surface area contributed by atoms with Crippen molar-refractivity contribution in [2.75, 3.05) is 0 Å². The zero-order valence-corrected chi connectivity index (χ0v) is 16.5. The molecule has 142 valence electrons. The quantitative estimate of drug-likeness (QED) is 0.461. The van der Waals surface area contributed by atoms with Gasteiger partial charge in [-0.2, -0.15) is 0 Å². The first kappa shape index (κ1) is 17.0. The van der Waals surface area contributed by atoms with Crippen molar-refractivity contribution in [1.29, 1.82) is 0 Å². The van der Waals surface area contributed by atoms with E-state index in [0.717, 1.165) is 32.1 Å².